The van der Waals surface area contributed by atoms with E-state index in [1.807, 2.05) is 38.1 Å². The predicted molar refractivity (Wildman–Crippen MR) is 145 cm³/mol. The van der Waals surface area contributed by atoms with Crippen LogP contribution in [0.3, 0.4) is 0 Å². The fraction of sp³-hybridized carbons (Fsp3) is 0.148. The molecule has 11 nitrogen and oxygen atoms in total. The molecule has 0 aliphatic rings. The Labute approximate surface area is 231 Å². The average Bonchev–Trinajstić information content (AvgIpc) is 3.53. The second kappa shape index (κ2) is 12.1. The van der Waals surface area contributed by atoms with E-state index < -0.39 is 10.8 Å². The lowest BCUT2D eigenvalue weighted by Gasteiger charge is -2.10. The minimum atomic E-state index is -0.641. The van der Waals surface area contributed by atoms with Crippen molar-refractivity contribution in [1.82, 2.24) is 9.99 Å². The summed E-state index contributed by atoms with van der Waals surface area (Å²) in [4.78, 5) is 23.1. The number of nitrogens with one attached hydrogen (secondary N) is 1. The van der Waals surface area contributed by atoms with Gasteiger partial charge in [0.15, 0.2) is 12.4 Å². The largest absolute Gasteiger partial charge is 0.486 e. The van der Waals surface area contributed by atoms with Crippen LogP contribution < -0.4 is 14.9 Å². The number of rotatable bonds is 10. The van der Waals surface area contributed by atoms with Crippen LogP contribution in [0.1, 0.15) is 33.3 Å². The first-order valence-electron chi connectivity index (χ1n) is 11.5. The third-order valence-electron chi connectivity index (χ3n) is 5.54. The zero-order chi connectivity index (χ0) is 27.9. The first kappa shape index (κ1) is 27.2. The molecular formula is C27H22BrN5O6. The maximum atomic E-state index is 12.4. The van der Waals surface area contributed by atoms with Gasteiger partial charge in [-0.3, -0.25) is 14.9 Å². The molecule has 4 rings (SSSR count). The molecule has 1 amide bonds. The fourth-order valence-electron chi connectivity index (χ4n) is 3.78. The van der Waals surface area contributed by atoms with Crippen LogP contribution in [0.15, 0.2) is 74.7 Å². The van der Waals surface area contributed by atoms with Crippen LogP contribution in [0, 0.1) is 35.3 Å². The van der Waals surface area contributed by atoms with Gasteiger partial charge in [0, 0.05) is 28.7 Å². The molecule has 0 spiro atoms. The van der Waals surface area contributed by atoms with Crippen LogP contribution in [-0.2, 0) is 6.61 Å². The average molecular weight is 592 g/mol. The number of benzene rings is 2. The first-order chi connectivity index (χ1) is 18.8. The molecule has 0 unspecified atom stereocenters. The Hall–Kier alpha value is -4.89. The van der Waals surface area contributed by atoms with Gasteiger partial charge in [0.1, 0.15) is 24.2 Å². The Morgan fingerprint density at radius 2 is 1.87 bits per heavy atom. The number of hydrogen-bond donors (Lipinski definition) is 1. The number of ether oxygens (including phenoxy) is 2. The summed E-state index contributed by atoms with van der Waals surface area (Å²) < 4.78 is 18.9. The van der Waals surface area contributed by atoms with Crippen molar-refractivity contribution in [2.24, 2.45) is 5.10 Å². The Morgan fingerprint density at radius 3 is 2.54 bits per heavy atom. The van der Waals surface area contributed by atoms with E-state index in [-0.39, 0.29) is 34.9 Å². The molecule has 198 valence electrons. The van der Waals surface area contributed by atoms with Gasteiger partial charge in [-0.2, -0.15) is 10.4 Å². The van der Waals surface area contributed by atoms with E-state index in [1.54, 1.807) is 12.1 Å². The highest BCUT2D eigenvalue weighted by atomic mass is 79.9. The van der Waals surface area contributed by atoms with E-state index >= 15 is 0 Å². The topological polar surface area (TPSA) is 145 Å². The number of hydrazone groups is 1. The Balaban J connectivity index is 1.34. The summed E-state index contributed by atoms with van der Waals surface area (Å²) in [5, 5.41) is 23.9. The van der Waals surface area contributed by atoms with Crippen LogP contribution in [0.5, 0.6) is 11.5 Å². The highest BCUT2D eigenvalue weighted by Crippen LogP contribution is 2.36. The Morgan fingerprint density at radius 1 is 1.15 bits per heavy atom. The third-order valence-corrected chi connectivity index (χ3v) is 6.13. The maximum Gasteiger partial charge on any atom is 0.312 e. The van der Waals surface area contributed by atoms with Gasteiger partial charge in [-0.1, -0.05) is 0 Å². The lowest BCUT2D eigenvalue weighted by molar-refractivity contribution is -0.385. The van der Waals surface area contributed by atoms with Crippen molar-refractivity contribution in [1.29, 1.82) is 5.26 Å². The Kier molecular flexibility index (Phi) is 8.43. The minimum Gasteiger partial charge on any atom is -0.486 e. The molecule has 4 aromatic rings. The van der Waals surface area contributed by atoms with Crippen molar-refractivity contribution in [3.8, 4) is 23.3 Å². The summed E-state index contributed by atoms with van der Waals surface area (Å²) in [6.45, 7) is 3.86. The number of nitriles is 1. The summed E-state index contributed by atoms with van der Waals surface area (Å²) in [5.41, 5.74) is 5.59. The van der Waals surface area contributed by atoms with Gasteiger partial charge >= 0.3 is 11.6 Å². The minimum absolute atomic E-state index is 0.0204. The van der Waals surface area contributed by atoms with E-state index in [0.29, 0.717) is 17.1 Å². The Bertz CT molecular complexity index is 1560. The van der Waals surface area contributed by atoms with Crippen molar-refractivity contribution in [3.63, 3.8) is 0 Å². The van der Waals surface area contributed by atoms with Gasteiger partial charge in [-0.15, -0.1) is 0 Å². The lowest BCUT2D eigenvalue weighted by Crippen LogP contribution is -2.16. The molecule has 0 fully saturated rings. The van der Waals surface area contributed by atoms with E-state index in [4.69, 9.17) is 19.2 Å². The van der Waals surface area contributed by atoms with Gasteiger partial charge < -0.3 is 18.5 Å². The number of halogens is 1. The molecule has 0 aliphatic carbocycles. The summed E-state index contributed by atoms with van der Waals surface area (Å²) in [6, 6.07) is 19.4. The number of nitro groups is 1. The normalized spacial score (nSPS) is 10.8. The van der Waals surface area contributed by atoms with Crippen molar-refractivity contribution in [3.05, 3.63) is 104 Å². The van der Waals surface area contributed by atoms with Gasteiger partial charge in [0.2, 0.25) is 5.75 Å². The summed E-state index contributed by atoms with van der Waals surface area (Å²) in [6.07, 6.45) is 1.23. The number of aromatic nitrogens is 1. The monoisotopic (exact) mass is 591 g/mol. The van der Waals surface area contributed by atoms with Gasteiger partial charge in [0.25, 0.3) is 0 Å². The molecule has 0 bridgehead atoms. The predicted octanol–water partition coefficient (Wildman–Crippen LogP) is 5.60. The molecule has 0 atom stereocenters. The molecule has 0 radical (unpaired) electrons. The summed E-state index contributed by atoms with van der Waals surface area (Å²) in [7, 11) is 0. The molecule has 12 heteroatoms. The van der Waals surface area contributed by atoms with Crippen molar-refractivity contribution in [2.75, 3.05) is 6.61 Å². The zero-order valence-electron chi connectivity index (χ0n) is 20.9. The highest BCUT2D eigenvalue weighted by molar-refractivity contribution is 9.10. The van der Waals surface area contributed by atoms with Crippen LogP contribution in [0.4, 0.5) is 5.69 Å². The van der Waals surface area contributed by atoms with Gasteiger partial charge in [0.05, 0.1) is 15.6 Å². The van der Waals surface area contributed by atoms with E-state index in [0.717, 1.165) is 17.1 Å². The molecule has 0 saturated heterocycles. The van der Waals surface area contributed by atoms with Crippen molar-refractivity contribution in [2.45, 2.75) is 20.5 Å². The summed E-state index contributed by atoms with van der Waals surface area (Å²) in [5.74, 6) is 0.430. The molecule has 2 aromatic carbocycles. The number of furan rings is 1. The number of carbonyl (C=O) groups excluding carboxylic acids is 1. The second-order valence-electron chi connectivity index (χ2n) is 8.25. The number of nitro benzene ring substituents is 1. The number of nitrogens with zero attached hydrogens (tertiary/aromatic N) is 4. The molecular weight excluding hydrogens is 570 g/mol. The zero-order valence-corrected chi connectivity index (χ0v) is 22.5. The lowest BCUT2D eigenvalue weighted by atomic mass is 10.2. The number of amides is 1. The van der Waals surface area contributed by atoms with Gasteiger partial charge in [-0.05, 0) is 84.4 Å². The smallest absolute Gasteiger partial charge is 0.312 e. The van der Waals surface area contributed by atoms with E-state index in [1.165, 1.54) is 24.4 Å². The van der Waals surface area contributed by atoms with Crippen LogP contribution in [0.25, 0.3) is 5.69 Å². The molecule has 1 N–H and O–H groups in total. The molecule has 39 heavy (non-hydrogen) atoms. The van der Waals surface area contributed by atoms with Crippen LogP contribution >= 0.6 is 15.9 Å². The number of aryl methyl sites for hydroxylation is 2. The first-order valence-corrected chi connectivity index (χ1v) is 12.3. The number of carbonyl (C=O) groups is 1. The molecule has 2 heterocycles. The van der Waals surface area contributed by atoms with E-state index in [9.17, 15) is 14.9 Å². The fourth-order valence-corrected chi connectivity index (χ4v) is 4.36. The van der Waals surface area contributed by atoms with Crippen molar-refractivity contribution >= 4 is 33.7 Å². The molecule has 0 aliphatic heterocycles. The molecule has 2 aromatic heterocycles. The third kappa shape index (κ3) is 6.52. The van der Waals surface area contributed by atoms with Crippen molar-refractivity contribution < 1.29 is 23.6 Å². The highest BCUT2D eigenvalue weighted by Gasteiger charge is 2.20. The standard InChI is InChI=1S/C27H22BrN5O6/c1-17-3-4-18(2)32(17)20-5-7-21(8-6-20)38-16-22-9-10-25(39-22)27(34)31-30-15-19-13-23(28)26(37-12-11-29)24(14-19)33(35)36/h3-10,13-15H,12,16H2,1-2H3,(H,31,34)/b30-15+. The van der Waals surface area contributed by atoms with Gasteiger partial charge in [-0.25, -0.2) is 5.43 Å². The SMILES string of the molecule is Cc1ccc(C)n1-c1ccc(OCc2ccc(C(=O)N/N=C/c3cc(Br)c(OCC#N)c([N+](=O)[O-])c3)o2)cc1. The maximum absolute atomic E-state index is 12.4. The quantitative estimate of drug-likeness (QED) is 0.143. The number of hydrogen-bond acceptors (Lipinski definition) is 8. The van der Waals surface area contributed by atoms with Crippen LogP contribution in [-0.4, -0.2) is 28.2 Å². The summed E-state index contributed by atoms with van der Waals surface area (Å²) >= 11 is 3.19. The van der Waals surface area contributed by atoms with Crippen LogP contribution in [0.2, 0.25) is 0 Å². The van der Waals surface area contributed by atoms with E-state index in [2.05, 4.69) is 43.2 Å². The molecule has 0 saturated carbocycles. The second-order valence-corrected chi connectivity index (χ2v) is 9.11.